The van der Waals surface area contributed by atoms with Crippen LogP contribution in [-0.4, -0.2) is 32.4 Å². The largest absolute Gasteiger partial charge is 0.508 e. The van der Waals surface area contributed by atoms with E-state index in [1.54, 1.807) is 0 Å². The monoisotopic (exact) mass is 320 g/mol. The van der Waals surface area contributed by atoms with E-state index in [0.29, 0.717) is 5.56 Å². The van der Waals surface area contributed by atoms with Crippen molar-refractivity contribution >= 4 is 23.5 Å². The van der Waals surface area contributed by atoms with Gasteiger partial charge in [0.25, 0.3) is 11.9 Å². The molecule has 0 aliphatic rings. The first-order valence-electron chi connectivity index (χ1n) is 5.90. The zero-order chi connectivity index (χ0) is 17.4. The summed E-state index contributed by atoms with van der Waals surface area (Å²) in [5.41, 5.74) is 0.487. The molecule has 21 heavy (non-hydrogen) atoms. The third-order valence-corrected chi connectivity index (χ3v) is 2.18. The first-order valence-corrected chi connectivity index (χ1v) is 6.27. The molecule has 0 bridgehead atoms. The molecule has 0 saturated heterocycles. The summed E-state index contributed by atoms with van der Waals surface area (Å²) in [7, 11) is 0. The molecule has 0 aliphatic carbocycles. The van der Waals surface area contributed by atoms with Gasteiger partial charge in [0.05, 0.1) is 5.02 Å². The second kappa shape index (κ2) is 9.07. The van der Waals surface area contributed by atoms with Crippen molar-refractivity contribution < 1.29 is 30.0 Å². The third-order valence-electron chi connectivity index (χ3n) is 1.87. The van der Waals surface area contributed by atoms with Gasteiger partial charge in [-0.05, 0) is 11.5 Å². The third kappa shape index (κ3) is 11.6. The van der Waals surface area contributed by atoms with Gasteiger partial charge in [0.1, 0.15) is 11.5 Å². The standard InChI is InChI=1S/C10H13ClO2.2C2H4O2/c1-10(2,3)6-4-9(13)7(11)5-8(6)12;2*1-2(3)4/h4-5,12-13H,1-3H3;2*1H3,(H,3,4). The van der Waals surface area contributed by atoms with Crippen LogP contribution in [-0.2, 0) is 15.0 Å². The number of hydrogen-bond donors (Lipinski definition) is 4. The highest BCUT2D eigenvalue weighted by atomic mass is 35.5. The van der Waals surface area contributed by atoms with Crippen LogP contribution in [0.5, 0.6) is 11.5 Å². The van der Waals surface area contributed by atoms with Crippen molar-refractivity contribution in [3.05, 3.63) is 22.7 Å². The van der Waals surface area contributed by atoms with Crippen LogP contribution in [0.15, 0.2) is 12.1 Å². The van der Waals surface area contributed by atoms with E-state index in [2.05, 4.69) is 0 Å². The molecule has 0 atom stereocenters. The summed E-state index contributed by atoms with van der Waals surface area (Å²) in [6, 6.07) is 2.86. The predicted octanol–water partition coefficient (Wildman–Crippen LogP) is 3.23. The van der Waals surface area contributed by atoms with Crippen molar-refractivity contribution in [3.8, 4) is 11.5 Å². The zero-order valence-corrected chi connectivity index (χ0v) is 13.4. The van der Waals surface area contributed by atoms with Crippen LogP contribution < -0.4 is 0 Å². The number of benzene rings is 1. The maximum absolute atomic E-state index is 9.56. The van der Waals surface area contributed by atoms with Gasteiger partial charge >= 0.3 is 0 Å². The molecule has 0 saturated carbocycles. The topological polar surface area (TPSA) is 115 Å². The molecule has 7 heteroatoms. The van der Waals surface area contributed by atoms with Crippen molar-refractivity contribution in [2.24, 2.45) is 0 Å². The van der Waals surface area contributed by atoms with E-state index in [1.165, 1.54) is 12.1 Å². The second-order valence-corrected chi connectivity index (χ2v) is 5.52. The lowest BCUT2D eigenvalue weighted by Gasteiger charge is -2.20. The maximum Gasteiger partial charge on any atom is 0.300 e. The van der Waals surface area contributed by atoms with Crippen LogP contribution >= 0.6 is 11.6 Å². The van der Waals surface area contributed by atoms with Crippen LogP contribution in [0.4, 0.5) is 0 Å². The molecule has 1 aromatic rings. The lowest BCUT2D eigenvalue weighted by Crippen LogP contribution is -2.11. The van der Waals surface area contributed by atoms with Crippen molar-refractivity contribution in [2.45, 2.75) is 40.0 Å². The summed E-state index contributed by atoms with van der Waals surface area (Å²) in [5, 5.41) is 33.9. The highest BCUT2D eigenvalue weighted by Crippen LogP contribution is 2.37. The molecule has 0 aliphatic heterocycles. The fraction of sp³-hybridized carbons (Fsp3) is 0.429. The highest BCUT2D eigenvalue weighted by Gasteiger charge is 2.19. The molecule has 0 fully saturated rings. The van der Waals surface area contributed by atoms with Gasteiger partial charge in [0.15, 0.2) is 0 Å². The van der Waals surface area contributed by atoms with E-state index in [9.17, 15) is 10.2 Å². The molecule has 1 aromatic carbocycles. The number of carbonyl (C=O) groups is 2. The minimum Gasteiger partial charge on any atom is -0.508 e. The second-order valence-electron chi connectivity index (χ2n) is 5.11. The van der Waals surface area contributed by atoms with Crippen LogP contribution in [0.1, 0.15) is 40.2 Å². The summed E-state index contributed by atoms with van der Waals surface area (Å²) in [6.07, 6.45) is 0. The van der Waals surface area contributed by atoms with E-state index in [1.807, 2.05) is 20.8 Å². The summed E-state index contributed by atoms with van der Waals surface area (Å²) in [6.45, 7) is 8.03. The van der Waals surface area contributed by atoms with Crippen molar-refractivity contribution in [2.75, 3.05) is 0 Å². The maximum atomic E-state index is 9.56. The number of rotatable bonds is 0. The number of carboxylic acid groups (broad SMARTS) is 2. The number of aliphatic carboxylic acids is 2. The number of phenolic OH excluding ortho intramolecular Hbond substituents is 2. The van der Waals surface area contributed by atoms with Gasteiger partial charge in [0.2, 0.25) is 0 Å². The minimum absolute atomic E-state index is 0.00407. The molecule has 1 rings (SSSR count). The number of hydrogen-bond acceptors (Lipinski definition) is 4. The van der Waals surface area contributed by atoms with Gasteiger partial charge in [-0.25, -0.2) is 0 Å². The Kier molecular flexibility index (Phi) is 9.22. The van der Waals surface area contributed by atoms with Crippen LogP contribution in [0.2, 0.25) is 5.02 Å². The van der Waals surface area contributed by atoms with E-state index < -0.39 is 11.9 Å². The Morgan fingerprint density at radius 1 is 0.952 bits per heavy atom. The molecule has 0 aromatic heterocycles. The van der Waals surface area contributed by atoms with E-state index >= 15 is 0 Å². The zero-order valence-electron chi connectivity index (χ0n) is 12.6. The molecule has 0 radical (unpaired) electrons. The van der Waals surface area contributed by atoms with Gasteiger partial charge in [-0.2, -0.15) is 0 Å². The SMILES string of the molecule is CC(=O)O.CC(=O)O.CC(C)(C)c1cc(O)c(Cl)cc1O. The molecule has 0 unspecified atom stereocenters. The lowest BCUT2D eigenvalue weighted by atomic mass is 9.86. The Labute approximate surface area is 128 Å². The first kappa shape index (κ1) is 21.4. The van der Waals surface area contributed by atoms with Crippen LogP contribution in [0.3, 0.4) is 0 Å². The lowest BCUT2D eigenvalue weighted by molar-refractivity contribution is -0.135. The van der Waals surface area contributed by atoms with Crippen molar-refractivity contribution in [1.29, 1.82) is 0 Å². The molecule has 6 nitrogen and oxygen atoms in total. The fourth-order valence-electron chi connectivity index (χ4n) is 1.15. The number of aromatic hydroxyl groups is 2. The normalized spacial score (nSPS) is 9.62. The Hall–Kier alpha value is -1.95. The molecule has 120 valence electrons. The Balaban J connectivity index is 0. The molecule has 0 amide bonds. The van der Waals surface area contributed by atoms with Crippen molar-refractivity contribution in [3.63, 3.8) is 0 Å². The molecular formula is C14H21ClO6. The van der Waals surface area contributed by atoms with E-state index in [4.69, 9.17) is 31.4 Å². The predicted molar refractivity (Wildman–Crippen MR) is 80.1 cm³/mol. The Morgan fingerprint density at radius 2 is 1.29 bits per heavy atom. The summed E-state index contributed by atoms with van der Waals surface area (Å²) >= 11 is 5.63. The van der Waals surface area contributed by atoms with Gasteiger partial charge in [-0.1, -0.05) is 32.4 Å². The molecular weight excluding hydrogens is 300 g/mol. The van der Waals surface area contributed by atoms with E-state index in [-0.39, 0.29) is 21.9 Å². The summed E-state index contributed by atoms with van der Waals surface area (Å²) in [4.78, 5) is 18.0. The Morgan fingerprint density at radius 3 is 1.57 bits per heavy atom. The quantitative estimate of drug-likeness (QED) is 0.545. The molecule has 0 heterocycles. The summed E-state index contributed by atoms with van der Waals surface area (Å²) in [5.74, 6) is -1.54. The van der Waals surface area contributed by atoms with Crippen molar-refractivity contribution in [1.82, 2.24) is 0 Å². The van der Waals surface area contributed by atoms with Gasteiger partial charge in [-0.3, -0.25) is 9.59 Å². The minimum atomic E-state index is -0.833. The fourth-order valence-corrected chi connectivity index (χ4v) is 1.31. The first-order chi connectivity index (χ1) is 9.28. The van der Waals surface area contributed by atoms with Gasteiger partial charge < -0.3 is 20.4 Å². The summed E-state index contributed by atoms with van der Waals surface area (Å²) < 4.78 is 0. The number of carboxylic acids is 2. The van der Waals surface area contributed by atoms with Crippen LogP contribution in [0.25, 0.3) is 0 Å². The molecule has 4 N–H and O–H groups in total. The van der Waals surface area contributed by atoms with E-state index in [0.717, 1.165) is 13.8 Å². The number of phenols is 2. The van der Waals surface area contributed by atoms with Gasteiger partial charge in [-0.15, -0.1) is 0 Å². The number of halogens is 1. The average Bonchev–Trinajstić information content (AvgIpc) is 2.20. The average molecular weight is 321 g/mol. The van der Waals surface area contributed by atoms with Gasteiger partial charge in [0, 0.05) is 25.5 Å². The smallest absolute Gasteiger partial charge is 0.300 e. The molecule has 0 spiro atoms. The Bertz CT molecular complexity index is 471. The highest BCUT2D eigenvalue weighted by molar-refractivity contribution is 6.32. The van der Waals surface area contributed by atoms with Crippen LogP contribution in [0, 0.1) is 0 Å².